The molecule has 2 aromatic heterocycles. The molecule has 3 N–H and O–H groups in total. The molecule has 0 radical (unpaired) electrons. The summed E-state index contributed by atoms with van der Waals surface area (Å²) in [5.74, 6) is 1.98. The molecule has 0 fully saturated rings. The van der Waals surface area contributed by atoms with Crippen molar-refractivity contribution in [3.05, 3.63) is 18.1 Å². The van der Waals surface area contributed by atoms with Crippen LogP contribution < -0.4 is 5.73 Å². The fourth-order valence-corrected chi connectivity index (χ4v) is 1.20. The predicted octanol–water partition coefficient (Wildman–Crippen LogP) is -0.295. The van der Waals surface area contributed by atoms with Gasteiger partial charge in [0.15, 0.2) is 0 Å². The van der Waals surface area contributed by atoms with E-state index in [0.29, 0.717) is 6.54 Å². The molecule has 5 nitrogen and oxygen atoms in total. The molecule has 0 aromatic carbocycles. The van der Waals surface area contributed by atoms with Crippen LogP contribution in [0, 0.1) is 5.41 Å². The van der Waals surface area contributed by atoms with Crippen LogP contribution in [0.15, 0.2) is 18.1 Å². The number of nitrogens with one attached hydrogen (secondary N) is 1. The first-order chi connectivity index (χ1) is 6.27. The SMILES string of the molecule is N=C(N)Cn1nnc2bcccc21. The summed E-state index contributed by atoms with van der Waals surface area (Å²) in [6, 6.07) is 3.81. The number of hydrogen-bond donors (Lipinski definition) is 2. The van der Waals surface area contributed by atoms with Gasteiger partial charge in [0.2, 0.25) is 0 Å². The molecule has 0 aliphatic rings. The second kappa shape index (κ2) is 2.97. The summed E-state index contributed by atoms with van der Waals surface area (Å²) in [5, 5.41) is 14.9. The van der Waals surface area contributed by atoms with Crippen molar-refractivity contribution in [2.75, 3.05) is 0 Å². The third kappa shape index (κ3) is 1.42. The quantitative estimate of drug-likeness (QED) is 0.483. The molecule has 2 rings (SSSR count). The summed E-state index contributed by atoms with van der Waals surface area (Å²) in [5.41, 5.74) is 6.99. The van der Waals surface area contributed by atoms with Gasteiger partial charge in [-0.05, 0) is 0 Å². The van der Waals surface area contributed by atoms with E-state index in [0.717, 1.165) is 10.9 Å². The van der Waals surface area contributed by atoms with Crippen molar-refractivity contribution in [2.24, 2.45) is 5.73 Å². The van der Waals surface area contributed by atoms with E-state index in [-0.39, 0.29) is 5.84 Å². The van der Waals surface area contributed by atoms with Crippen molar-refractivity contribution in [3.8, 4) is 0 Å². The van der Waals surface area contributed by atoms with Gasteiger partial charge < -0.3 is 0 Å². The Balaban J connectivity index is 2.51. The number of hydrogen-bond acceptors (Lipinski definition) is 3. The monoisotopic (exact) mass is 173 g/mol. The van der Waals surface area contributed by atoms with Gasteiger partial charge in [-0.15, -0.1) is 0 Å². The van der Waals surface area contributed by atoms with Crippen LogP contribution in [0.4, 0.5) is 0 Å². The van der Waals surface area contributed by atoms with Crippen molar-refractivity contribution >= 4 is 23.7 Å². The average Bonchev–Trinajstić information content (AvgIpc) is 2.48. The minimum atomic E-state index is 0.0793. The summed E-state index contributed by atoms with van der Waals surface area (Å²) in [6.07, 6.45) is 0. The standard InChI is InChI=1S/C7H8BN5/c9-6(10)4-13-5-2-1-3-8-7(5)11-12-13/h1-3H,4H2,(H3,9,10). The van der Waals surface area contributed by atoms with E-state index < -0.39 is 0 Å². The molecular weight excluding hydrogens is 165 g/mol. The predicted molar refractivity (Wildman–Crippen MR) is 50.8 cm³/mol. The topological polar surface area (TPSA) is 80.6 Å². The number of nitrogens with zero attached hydrogens (tertiary/aromatic N) is 3. The van der Waals surface area contributed by atoms with Crippen molar-refractivity contribution in [2.45, 2.75) is 6.54 Å². The maximum atomic E-state index is 7.13. The van der Waals surface area contributed by atoms with Crippen LogP contribution in [-0.2, 0) is 6.54 Å². The van der Waals surface area contributed by atoms with E-state index in [1.165, 1.54) is 0 Å². The van der Waals surface area contributed by atoms with Gasteiger partial charge in [-0.2, -0.15) is 0 Å². The zero-order valence-electron chi connectivity index (χ0n) is 6.94. The molecule has 0 atom stereocenters. The molecule has 0 aliphatic heterocycles. The maximum absolute atomic E-state index is 7.13. The molecule has 2 heterocycles. The normalized spacial score (nSPS) is 10.2. The van der Waals surface area contributed by atoms with E-state index in [1.807, 2.05) is 25.0 Å². The van der Waals surface area contributed by atoms with Crippen LogP contribution in [0.5, 0.6) is 0 Å². The molecular formula is C7H8BN5. The van der Waals surface area contributed by atoms with Gasteiger partial charge in [-0.25, -0.2) is 0 Å². The number of fused-ring (bicyclic) bond motifs is 1. The molecule has 0 saturated heterocycles. The van der Waals surface area contributed by atoms with E-state index in [1.54, 1.807) is 4.68 Å². The Labute approximate surface area is 75.3 Å². The summed E-state index contributed by atoms with van der Waals surface area (Å²) in [7, 11) is 0. The molecule has 6 heteroatoms. The van der Waals surface area contributed by atoms with Crippen LogP contribution in [0.2, 0.25) is 0 Å². The zero-order valence-corrected chi connectivity index (χ0v) is 6.94. The van der Waals surface area contributed by atoms with Gasteiger partial charge in [0.25, 0.3) is 0 Å². The fourth-order valence-electron chi connectivity index (χ4n) is 1.20. The van der Waals surface area contributed by atoms with Crippen LogP contribution in [0.25, 0.3) is 10.9 Å². The Morgan fingerprint density at radius 1 is 1.69 bits per heavy atom. The van der Waals surface area contributed by atoms with Crippen molar-refractivity contribution in [3.63, 3.8) is 0 Å². The molecule has 0 saturated carbocycles. The van der Waals surface area contributed by atoms with Gasteiger partial charge in [-0.3, -0.25) is 0 Å². The molecule has 0 amide bonds. The molecule has 13 heavy (non-hydrogen) atoms. The number of aromatic nitrogens is 3. The van der Waals surface area contributed by atoms with Gasteiger partial charge in [0, 0.05) is 0 Å². The Hall–Kier alpha value is -1.72. The van der Waals surface area contributed by atoms with Crippen molar-refractivity contribution in [1.29, 1.82) is 5.41 Å². The summed E-state index contributed by atoms with van der Waals surface area (Å²) >= 11 is 0. The molecule has 0 spiro atoms. The first-order valence-electron chi connectivity index (χ1n) is 3.88. The Kier molecular flexibility index (Phi) is 1.81. The molecule has 0 aliphatic carbocycles. The van der Waals surface area contributed by atoms with E-state index in [4.69, 9.17) is 11.1 Å². The summed E-state index contributed by atoms with van der Waals surface area (Å²) in [6.45, 7) is 2.17. The van der Waals surface area contributed by atoms with Crippen molar-refractivity contribution in [1.82, 2.24) is 15.0 Å². The van der Waals surface area contributed by atoms with Gasteiger partial charge in [0.1, 0.15) is 0 Å². The second-order valence-electron chi connectivity index (χ2n) is 2.76. The van der Waals surface area contributed by atoms with E-state index in [2.05, 4.69) is 10.3 Å². The van der Waals surface area contributed by atoms with Gasteiger partial charge >= 0.3 is 74.5 Å². The third-order valence-corrected chi connectivity index (χ3v) is 1.74. The third-order valence-electron chi connectivity index (χ3n) is 1.74. The van der Waals surface area contributed by atoms with Gasteiger partial charge in [-0.1, -0.05) is 0 Å². The van der Waals surface area contributed by atoms with Crippen LogP contribution in [0.3, 0.4) is 0 Å². The first kappa shape index (κ1) is 7.91. The Bertz CT molecular complexity index is 449. The molecule has 64 valence electrons. The van der Waals surface area contributed by atoms with Crippen LogP contribution in [-0.4, -0.2) is 27.7 Å². The second-order valence-corrected chi connectivity index (χ2v) is 2.76. The van der Waals surface area contributed by atoms with Gasteiger partial charge in [0.05, 0.1) is 0 Å². The first-order valence-corrected chi connectivity index (χ1v) is 3.88. The fraction of sp³-hybridized carbons (Fsp3) is 0.143. The Morgan fingerprint density at radius 3 is 3.31 bits per heavy atom. The number of nitrogens with two attached hydrogens (primary N) is 1. The van der Waals surface area contributed by atoms with E-state index in [9.17, 15) is 0 Å². The van der Waals surface area contributed by atoms with Crippen LogP contribution >= 0.6 is 0 Å². The zero-order chi connectivity index (χ0) is 9.26. The number of amidine groups is 1. The molecule has 0 bridgehead atoms. The minimum absolute atomic E-state index is 0.0793. The van der Waals surface area contributed by atoms with Crippen molar-refractivity contribution < 1.29 is 0 Å². The van der Waals surface area contributed by atoms with E-state index >= 15 is 0 Å². The Morgan fingerprint density at radius 2 is 2.54 bits per heavy atom. The molecule has 0 unspecified atom stereocenters. The average molecular weight is 173 g/mol. The van der Waals surface area contributed by atoms with Crippen LogP contribution in [0.1, 0.15) is 0 Å². The number of rotatable bonds is 2. The summed E-state index contributed by atoms with van der Waals surface area (Å²) < 4.78 is 1.61. The molecule has 2 aromatic rings. The summed E-state index contributed by atoms with van der Waals surface area (Å²) in [4.78, 5) is 0.